The predicted octanol–water partition coefficient (Wildman–Crippen LogP) is 4.75. The Bertz CT molecular complexity index is 1240. The first-order valence-corrected chi connectivity index (χ1v) is 12.1. The average molecular weight is 444 g/mol. The standard InChI is InChI=1S/C24H26FNO4S/c1-24(2)14-26-22(15-8-10-29-11-9-15)23-21(24)19-7-6-18(13-20(19)30-23)31(27,28)17-5-3-4-16(25)12-17/h3-7,12-13,15,22,26H,8-11,14H2,1-2H3. The second-order valence-electron chi connectivity index (χ2n) is 9.15. The van der Waals surface area contributed by atoms with E-state index in [9.17, 15) is 12.8 Å². The largest absolute Gasteiger partial charge is 0.459 e. The van der Waals surface area contributed by atoms with Crippen molar-refractivity contribution in [2.24, 2.45) is 5.92 Å². The van der Waals surface area contributed by atoms with Crippen molar-refractivity contribution in [2.45, 2.75) is 47.9 Å². The van der Waals surface area contributed by atoms with Gasteiger partial charge in [0.2, 0.25) is 9.84 Å². The van der Waals surface area contributed by atoms with Crippen LogP contribution in [0.3, 0.4) is 0 Å². The summed E-state index contributed by atoms with van der Waals surface area (Å²) < 4.78 is 51.7. The van der Waals surface area contributed by atoms with Gasteiger partial charge in [0.05, 0.1) is 15.8 Å². The third-order valence-corrected chi connectivity index (χ3v) is 8.32. The molecule has 2 aliphatic heterocycles. The lowest BCUT2D eigenvalue weighted by Crippen LogP contribution is -2.44. The van der Waals surface area contributed by atoms with Crippen LogP contribution < -0.4 is 5.32 Å². The summed E-state index contributed by atoms with van der Waals surface area (Å²) in [6, 6.07) is 10.2. The molecule has 0 bridgehead atoms. The van der Waals surface area contributed by atoms with Crippen LogP contribution in [0.4, 0.5) is 4.39 Å². The molecule has 5 nitrogen and oxygen atoms in total. The Balaban J connectivity index is 1.62. The lowest BCUT2D eigenvalue weighted by atomic mass is 9.75. The molecule has 1 N–H and O–H groups in total. The van der Waals surface area contributed by atoms with Gasteiger partial charge in [0.15, 0.2) is 0 Å². The fourth-order valence-corrected chi connectivity index (χ4v) is 6.23. The number of sulfone groups is 1. The van der Waals surface area contributed by atoms with E-state index in [-0.39, 0.29) is 21.2 Å². The van der Waals surface area contributed by atoms with E-state index in [1.165, 1.54) is 18.2 Å². The number of hydrogen-bond donors (Lipinski definition) is 1. The van der Waals surface area contributed by atoms with Crippen LogP contribution in [-0.4, -0.2) is 28.2 Å². The highest BCUT2D eigenvalue weighted by Crippen LogP contribution is 2.45. The minimum absolute atomic E-state index is 0.0646. The smallest absolute Gasteiger partial charge is 0.206 e. The van der Waals surface area contributed by atoms with E-state index in [4.69, 9.17) is 9.15 Å². The summed E-state index contributed by atoms with van der Waals surface area (Å²) in [6.07, 6.45) is 1.93. The van der Waals surface area contributed by atoms with Crippen molar-refractivity contribution >= 4 is 20.8 Å². The van der Waals surface area contributed by atoms with Crippen LogP contribution in [0.1, 0.15) is 44.1 Å². The quantitative estimate of drug-likeness (QED) is 0.633. The molecule has 164 valence electrons. The maximum atomic E-state index is 13.6. The molecule has 3 heterocycles. The highest BCUT2D eigenvalue weighted by molar-refractivity contribution is 7.91. The van der Waals surface area contributed by atoms with Gasteiger partial charge in [-0.05, 0) is 49.1 Å². The molecule has 0 radical (unpaired) electrons. The molecule has 1 unspecified atom stereocenters. The molecule has 0 amide bonds. The fraction of sp³-hybridized carbons (Fsp3) is 0.417. The van der Waals surface area contributed by atoms with Crippen LogP contribution >= 0.6 is 0 Å². The van der Waals surface area contributed by atoms with Crippen LogP contribution in [0.15, 0.2) is 56.7 Å². The Morgan fingerprint density at radius 1 is 1.06 bits per heavy atom. The lowest BCUT2D eigenvalue weighted by molar-refractivity contribution is 0.0479. The van der Waals surface area contributed by atoms with Gasteiger partial charge in [-0.1, -0.05) is 19.9 Å². The zero-order chi connectivity index (χ0) is 21.8. The summed E-state index contributed by atoms with van der Waals surface area (Å²) >= 11 is 0. The lowest BCUT2D eigenvalue weighted by Gasteiger charge is -2.39. The van der Waals surface area contributed by atoms with Gasteiger partial charge in [0.1, 0.15) is 17.2 Å². The Hall–Kier alpha value is -2.22. The molecule has 31 heavy (non-hydrogen) atoms. The molecule has 0 saturated carbocycles. The normalized spacial score (nSPS) is 21.8. The minimum atomic E-state index is -3.85. The Morgan fingerprint density at radius 2 is 1.81 bits per heavy atom. The van der Waals surface area contributed by atoms with Gasteiger partial charge < -0.3 is 14.5 Å². The second kappa shape index (κ2) is 7.43. The van der Waals surface area contributed by atoms with Crippen LogP contribution in [-0.2, 0) is 20.0 Å². The Morgan fingerprint density at radius 3 is 2.55 bits per heavy atom. The number of hydrogen-bond acceptors (Lipinski definition) is 5. The summed E-state index contributed by atoms with van der Waals surface area (Å²) in [5.74, 6) is 0.737. The fourth-order valence-electron chi connectivity index (χ4n) is 4.93. The topological polar surface area (TPSA) is 68.5 Å². The van der Waals surface area contributed by atoms with E-state index in [2.05, 4.69) is 19.2 Å². The average Bonchev–Trinajstić information content (AvgIpc) is 3.14. The number of rotatable bonds is 3. The third-order valence-electron chi connectivity index (χ3n) is 6.57. The number of ether oxygens (including phenoxy) is 1. The van der Waals surface area contributed by atoms with Crippen molar-refractivity contribution in [3.8, 4) is 0 Å². The Kier molecular flexibility index (Phi) is 4.95. The number of benzene rings is 2. The summed E-state index contributed by atoms with van der Waals surface area (Å²) in [5, 5.41) is 4.61. The first-order chi connectivity index (χ1) is 14.8. The van der Waals surface area contributed by atoms with E-state index in [0.717, 1.165) is 55.4 Å². The van der Waals surface area contributed by atoms with Gasteiger partial charge >= 0.3 is 0 Å². The number of fused-ring (bicyclic) bond motifs is 3. The van der Waals surface area contributed by atoms with Crippen molar-refractivity contribution in [1.29, 1.82) is 0 Å². The molecule has 1 atom stereocenters. The molecule has 3 aromatic rings. The summed E-state index contributed by atoms with van der Waals surface area (Å²) in [5.41, 5.74) is 1.55. The summed E-state index contributed by atoms with van der Waals surface area (Å²) in [4.78, 5) is 0.0373. The van der Waals surface area contributed by atoms with E-state index in [0.29, 0.717) is 11.5 Å². The van der Waals surface area contributed by atoms with Gasteiger partial charge in [-0.25, -0.2) is 12.8 Å². The summed E-state index contributed by atoms with van der Waals surface area (Å²) in [7, 11) is -3.85. The van der Waals surface area contributed by atoms with Crippen LogP contribution in [0.5, 0.6) is 0 Å². The number of halogens is 1. The first kappa shape index (κ1) is 20.7. The molecule has 2 aliphatic rings. The second-order valence-corrected chi connectivity index (χ2v) is 11.1. The van der Waals surface area contributed by atoms with E-state index >= 15 is 0 Å². The van der Waals surface area contributed by atoms with Gasteiger partial charge in [-0.3, -0.25) is 0 Å². The van der Waals surface area contributed by atoms with Crippen molar-refractivity contribution in [3.63, 3.8) is 0 Å². The predicted molar refractivity (Wildman–Crippen MR) is 115 cm³/mol. The number of nitrogens with one attached hydrogen (secondary N) is 1. The molecule has 2 aromatic carbocycles. The van der Waals surface area contributed by atoms with Crippen molar-refractivity contribution in [2.75, 3.05) is 19.8 Å². The molecule has 1 fully saturated rings. The zero-order valence-corrected chi connectivity index (χ0v) is 18.5. The first-order valence-electron chi connectivity index (χ1n) is 10.7. The van der Waals surface area contributed by atoms with E-state index < -0.39 is 15.7 Å². The van der Waals surface area contributed by atoms with E-state index in [1.807, 2.05) is 6.07 Å². The third kappa shape index (κ3) is 3.49. The SMILES string of the molecule is CC1(C)CNC(C2CCOCC2)c2oc3cc(S(=O)(=O)c4cccc(F)c4)ccc3c21. The van der Waals surface area contributed by atoms with Crippen molar-refractivity contribution in [3.05, 3.63) is 59.6 Å². The molecule has 1 saturated heterocycles. The monoisotopic (exact) mass is 443 g/mol. The highest BCUT2D eigenvalue weighted by atomic mass is 32.2. The molecular weight excluding hydrogens is 417 g/mol. The highest BCUT2D eigenvalue weighted by Gasteiger charge is 2.41. The van der Waals surface area contributed by atoms with Gasteiger partial charge in [-0.2, -0.15) is 0 Å². The molecule has 5 rings (SSSR count). The molecular formula is C24H26FNO4S. The van der Waals surface area contributed by atoms with Crippen LogP contribution in [0, 0.1) is 11.7 Å². The van der Waals surface area contributed by atoms with Gasteiger partial charge in [0.25, 0.3) is 0 Å². The maximum absolute atomic E-state index is 13.6. The summed E-state index contributed by atoms with van der Waals surface area (Å²) in [6.45, 7) is 6.66. The zero-order valence-electron chi connectivity index (χ0n) is 17.7. The molecule has 7 heteroatoms. The Labute approximate surface area is 181 Å². The number of furan rings is 1. The minimum Gasteiger partial charge on any atom is -0.459 e. The molecule has 0 aliphatic carbocycles. The van der Waals surface area contributed by atoms with Crippen LogP contribution in [0.2, 0.25) is 0 Å². The van der Waals surface area contributed by atoms with E-state index in [1.54, 1.807) is 12.1 Å². The van der Waals surface area contributed by atoms with Gasteiger partial charge in [0, 0.05) is 42.2 Å². The van der Waals surface area contributed by atoms with Gasteiger partial charge in [-0.15, -0.1) is 0 Å². The van der Waals surface area contributed by atoms with Crippen molar-refractivity contribution in [1.82, 2.24) is 5.32 Å². The molecule has 0 spiro atoms. The molecule has 1 aromatic heterocycles. The van der Waals surface area contributed by atoms with Crippen LogP contribution in [0.25, 0.3) is 11.0 Å². The van der Waals surface area contributed by atoms with Crippen molar-refractivity contribution < 1.29 is 22.0 Å². The maximum Gasteiger partial charge on any atom is 0.206 e.